The highest BCUT2D eigenvalue weighted by atomic mass is 16.3. The summed E-state index contributed by atoms with van der Waals surface area (Å²) in [5.41, 5.74) is 7.59. The second kappa shape index (κ2) is 3.59. The van der Waals surface area contributed by atoms with E-state index in [4.69, 9.17) is 5.73 Å². The van der Waals surface area contributed by atoms with Crippen molar-refractivity contribution in [2.24, 2.45) is 5.73 Å². The van der Waals surface area contributed by atoms with Crippen molar-refractivity contribution in [3.05, 3.63) is 29.3 Å². The number of aromatic hydroxyl groups is 1. The highest BCUT2D eigenvalue weighted by molar-refractivity contribution is 5.38. The Balaban J connectivity index is 3.03. The average Bonchev–Trinajstić information content (AvgIpc) is 2.03. The van der Waals surface area contributed by atoms with Crippen LogP contribution < -0.4 is 5.73 Å². The lowest BCUT2D eigenvalue weighted by atomic mass is 10.0. The second-order valence-electron chi connectivity index (χ2n) is 3.04. The lowest BCUT2D eigenvalue weighted by Crippen LogP contribution is -2.05. The Kier molecular flexibility index (Phi) is 2.71. The standard InChI is InChI=1S/C10H15NO/c1-3-8-4-5-9(7(2)11)10(12)6-8/h4-7,12H,3,11H2,1-2H3/t7-/m1/s1. The maximum absolute atomic E-state index is 9.51. The van der Waals surface area contributed by atoms with E-state index in [1.165, 1.54) is 0 Å². The Labute approximate surface area is 73.0 Å². The first kappa shape index (κ1) is 9.07. The molecule has 0 saturated heterocycles. The summed E-state index contributed by atoms with van der Waals surface area (Å²) in [6.45, 7) is 3.92. The molecule has 0 saturated carbocycles. The lowest BCUT2D eigenvalue weighted by molar-refractivity contribution is 0.463. The lowest BCUT2D eigenvalue weighted by Gasteiger charge is -2.08. The SMILES string of the molecule is CCc1ccc([C@@H](C)N)c(O)c1. The number of rotatable bonds is 2. The fourth-order valence-electron chi connectivity index (χ4n) is 1.19. The zero-order chi connectivity index (χ0) is 9.14. The van der Waals surface area contributed by atoms with Crippen molar-refractivity contribution in [3.8, 4) is 5.75 Å². The fourth-order valence-corrected chi connectivity index (χ4v) is 1.19. The van der Waals surface area contributed by atoms with Crippen LogP contribution in [0, 0.1) is 0 Å². The average molecular weight is 165 g/mol. The largest absolute Gasteiger partial charge is 0.508 e. The molecular weight excluding hydrogens is 150 g/mol. The van der Waals surface area contributed by atoms with Gasteiger partial charge in [-0.15, -0.1) is 0 Å². The topological polar surface area (TPSA) is 46.2 Å². The van der Waals surface area contributed by atoms with Gasteiger partial charge in [-0.25, -0.2) is 0 Å². The molecule has 12 heavy (non-hydrogen) atoms. The van der Waals surface area contributed by atoms with Gasteiger partial charge in [0.15, 0.2) is 0 Å². The van der Waals surface area contributed by atoms with E-state index in [0.717, 1.165) is 17.5 Å². The summed E-state index contributed by atoms with van der Waals surface area (Å²) < 4.78 is 0. The van der Waals surface area contributed by atoms with Crippen molar-refractivity contribution in [2.45, 2.75) is 26.3 Å². The molecule has 0 aliphatic carbocycles. The number of phenolic OH excluding ortho intramolecular Hbond substituents is 1. The Morgan fingerprint density at radius 2 is 2.17 bits per heavy atom. The van der Waals surface area contributed by atoms with Crippen molar-refractivity contribution in [1.82, 2.24) is 0 Å². The molecule has 0 spiro atoms. The maximum atomic E-state index is 9.51. The zero-order valence-electron chi connectivity index (χ0n) is 7.54. The maximum Gasteiger partial charge on any atom is 0.120 e. The van der Waals surface area contributed by atoms with Gasteiger partial charge in [-0.2, -0.15) is 0 Å². The molecule has 0 aliphatic rings. The van der Waals surface area contributed by atoms with Crippen LogP contribution in [0.4, 0.5) is 0 Å². The molecule has 0 unspecified atom stereocenters. The minimum atomic E-state index is -0.101. The second-order valence-corrected chi connectivity index (χ2v) is 3.04. The van der Waals surface area contributed by atoms with Crippen LogP contribution in [0.1, 0.15) is 31.0 Å². The van der Waals surface area contributed by atoms with Gasteiger partial charge >= 0.3 is 0 Å². The molecule has 0 aliphatic heterocycles. The predicted molar refractivity (Wildman–Crippen MR) is 50.1 cm³/mol. The van der Waals surface area contributed by atoms with Gasteiger partial charge in [0, 0.05) is 11.6 Å². The molecule has 1 atom stereocenters. The van der Waals surface area contributed by atoms with Gasteiger partial charge in [0.1, 0.15) is 5.75 Å². The molecule has 2 heteroatoms. The predicted octanol–water partition coefficient (Wildman–Crippen LogP) is 1.97. The van der Waals surface area contributed by atoms with Gasteiger partial charge in [-0.3, -0.25) is 0 Å². The Morgan fingerprint density at radius 3 is 2.58 bits per heavy atom. The smallest absolute Gasteiger partial charge is 0.120 e. The molecule has 0 fully saturated rings. The van der Waals surface area contributed by atoms with E-state index in [0.29, 0.717) is 5.75 Å². The van der Waals surface area contributed by atoms with Gasteiger partial charge in [-0.05, 0) is 25.0 Å². The third-order valence-corrected chi connectivity index (χ3v) is 1.99. The number of hydrogen-bond acceptors (Lipinski definition) is 2. The summed E-state index contributed by atoms with van der Waals surface area (Å²) in [6.07, 6.45) is 0.937. The minimum absolute atomic E-state index is 0.101. The van der Waals surface area contributed by atoms with Crippen LogP contribution >= 0.6 is 0 Å². The van der Waals surface area contributed by atoms with Crippen molar-refractivity contribution >= 4 is 0 Å². The van der Waals surface area contributed by atoms with Crippen LogP contribution in [0.2, 0.25) is 0 Å². The molecule has 1 rings (SSSR count). The van der Waals surface area contributed by atoms with E-state index in [1.807, 2.05) is 19.1 Å². The van der Waals surface area contributed by atoms with Gasteiger partial charge in [0.25, 0.3) is 0 Å². The van der Waals surface area contributed by atoms with Crippen LogP contribution in [0.5, 0.6) is 5.75 Å². The number of nitrogens with two attached hydrogens (primary N) is 1. The molecule has 0 amide bonds. The Morgan fingerprint density at radius 1 is 1.50 bits per heavy atom. The summed E-state index contributed by atoms with van der Waals surface area (Å²) in [6, 6.07) is 5.56. The summed E-state index contributed by atoms with van der Waals surface area (Å²) >= 11 is 0. The van der Waals surface area contributed by atoms with Crippen molar-refractivity contribution in [2.75, 3.05) is 0 Å². The summed E-state index contributed by atoms with van der Waals surface area (Å²) in [4.78, 5) is 0. The highest BCUT2D eigenvalue weighted by Gasteiger charge is 2.05. The van der Waals surface area contributed by atoms with Gasteiger partial charge in [-0.1, -0.05) is 19.1 Å². The van der Waals surface area contributed by atoms with E-state index in [2.05, 4.69) is 6.92 Å². The van der Waals surface area contributed by atoms with Crippen LogP contribution in [0.25, 0.3) is 0 Å². The van der Waals surface area contributed by atoms with E-state index < -0.39 is 0 Å². The number of phenols is 1. The van der Waals surface area contributed by atoms with Crippen LogP contribution in [0.15, 0.2) is 18.2 Å². The Hall–Kier alpha value is -1.02. The number of benzene rings is 1. The molecule has 2 nitrogen and oxygen atoms in total. The molecule has 0 aromatic heterocycles. The first-order chi connectivity index (χ1) is 5.65. The number of aryl methyl sites for hydroxylation is 1. The van der Waals surface area contributed by atoms with E-state index in [9.17, 15) is 5.11 Å². The summed E-state index contributed by atoms with van der Waals surface area (Å²) in [5, 5.41) is 9.51. The Bertz CT molecular complexity index is 269. The molecule has 1 aromatic rings. The molecule has 1 aromatic carbocycles. The highest BCUT2D eigenvalue weighted by Crippen LogP contribution is 2.23. The quantitative estimate of drug-likeness (QED) is 0.703. The van der Waals surface area contributed by atoms with Crippen molar-refractivity contribution in [1.29, 1.82) is 0 Å². The minimum Gasteiger partial charge on any atom is -0.508 e. The monoisotopic (exact) mass is 165 g/mol. The first-order valence-electron chi connectivity index (χ1n) is 4.22. The molecule has 3 N–H and O–H groups in total. The van der Waals surface area contributed by atoms with Crippen molar-refractivity contribution in [3.63, 3.8) is 0 Å². The van der Waals surface area contributed by atoms with Crippen LogP contribution in [0.3, 0.4) is 0 Å². The molecule has 0 heterocycles. The molecular formula is C10H15NO. The molecule has 0 radical (unpaired) electrons. The summed E-state index contributed by atoms with van der Waals surface area (Å²) in [7, 11) is 0. The zero-order valence-corrected chi connectivity index (χ0v) is 7.54. The summed E-state index contributed by atoms with van der Waals surface area (Å²) in [5.74, 6) is 0.310. The van der Waals surface area contributed by atoms with Gasteiger partial charge < -0.3 is 10.8 Å². The van der Waals surface area contributed by atoms with E-state index in [1.54, 1.807) is 6.07 Å². The first-order valence-corrected chi connectivity index (χ1v) is 4.22. The normalized spacial score (nSPS) is 12.9. The van der Waals surface area contributed by atoms with Crippen molar-refractivity contribution < 1.29 is 5.11 Å². The van der Waals surface area contributed by atoms with Crippen LogP contribution in [-0.4, -0.2) is 5.11 Å². The number of hydrogen-bond donors (Lipinski definition) is 2. The fraction of sp³-hybridized carbons (Fsp3) is 0.400. The van der Waals surface area contributed by atoms with Crippen LogP contribution in [-0.2, 0) is 6.42 Å². The van der Waals surface area contributed by atoms with Gasteiger partial charge in [0.05, 0.1) is 0 Å². The molecule has 66 valence electrons. The molecule has 0 bridgehead atoms. The van der Waals surface area contributed by atoms with E-state index in [-0.39, 0.29) is 6.04 Å². The van der Waals surface area contributed by atoms with Gasteiger partial charge in [0.2, 0.25) is 0 Å². The third kappa shape index (κ3) is 1.77. The third-order valence-electron chi connectivity index (χ3n) is 1.99. The van der Waals surface area contributed by atoms with E-state index >= 15 is 0 Å².